The van der Waals surface area contributed by atoms with Gasteiger partial charge in [0.05, 0.1) is 36.2 Å². The Morgan fingerprint density at radius 1 is 1.21 bits per heavy atom. The number of likely N-dealkylation sites (tertiary alicyclic amines) is 2. The third kappa shape index (κ3) is 3.40. The molecule has 3 aromatic rings. The second kappa shape index (κ2) is 7.76. The Morgan fingerprint density at radius 3 is 2.74 bits per heavy atom. The Hall–Kier alpha value is -3.53. The lowest BCUT2D eigenvalue weighted by molar-refractivity contribution is -0.135. The van der Waals surface area contributed by atoms with Crippen molar-refractivity contribution in [1.82, 2.24) is 24.6 Å². The van der Waals surface area contributed by atoms with Crippen molar-refractivity contribution < 1.29 is 18.7 Å². The second-order valence-electron chi connectivity index (χ2n) is 9.61. The monoisotopic (exact) mass is 464 g/mol. The quantitative estimate of drug-likeness (QED) is 0.629. The zero-order valence-corrected chi connectivity index (χ0v) is 18.6. The molecule has 1 spiro atoms. The average Bonchev–Trinajstić information content (AvgIpc) is 3.38. The number of para-hydroxylation sites is 1. The molecule has 0 bridgehead atoms. The molecule has 34 heavy (non-hydrogen) atoms. The van der Waals surface area contributed by atoms with E-state index in [4.69, 9.17) is 15.6 Å². The smallest absolute Gasteiger partial charge is 0.257 e. The second-order valence-corrected chi connectivity index (χ2v) is 9.61. The summed E-state index contributed by atoms with van der Waals surface area (Å²) in [7, 11) is 0. The number of anilines is 1. The number of nitrogen functional groups attached to an aromatic ring is 1. The minimum Gasteiger partial charge on any atom is -0.384 e. The van der Waals surface area contributed by atoms with Gasteiger partial charge in [-0.2, -0.15) is 5.10 Å². The first kappa shape index (κ1) is 21.0. The normalized spacial score (nSPS) is 19.4. The fraction of sp³-hybridized carbons (Fsp3) is 0.417. The van der Waals surface area contributed by atoms with Gasteiger partial charge in [0, 0.05) is 42.9 Å². The van der Waals surface area contributed by atoms with Crippen molar-refractivity contribution in [1.29, 1.82) is 0 Å². The van der Waals surface area contributed by atoms with E-state index in [9.17, 15) is 14.0 Å². The third-order valence-electron chi connectivity index (χ3n) is 7.24. The molecule has 2 N–H and O–H groups in total. The van der Waals surface area contributed by atoms with E-state index in [0.29, 0.717) is 13.1 Å². The highest BCUT2D eigenvalue weighted by Gasteiger charge is 2.45. The summed E-state index contributed by atoms with van der Waals surface area (Å²) in [6.07, 6.45) is 1.95. The summed E-state index contributed by atoms with van der Waals surface area (Å²) in [6, 6.07) is 9.08. The fourth-order valence-electron chi connectivity index (χ4n) is 5.18. The Balaban J connectivity index is 1.18. The summed E-state index contributed by atoms with van der Waals surface area (Å²) in [5.74, 6) is -0.933. The van der Waals surface area contributed by atoms with Gasteiger partial charge < -0.3 is 20.3 Å². The number of nitrogens with zero attached hydrogens (tertiary/aromatic N) is 5. The SMILES string of the molecule is Nc1cc(C(=O)N2CC(c3nn(CC(=O)N4CCC5(COC5)C4)c4ccccc34)C2)c(F)cn1. The van der Waals surface area contributed by atoms with Gasteiger partial charge in [0.15, 0.2) is 5.82 Å². The van der Waals surface area contributed by atoms with E-state index in [2.05, 4.69) is 4.98 Å². The molecule has 1 aromatic carbocycles. The zero-order valence-electron chi connectivity index (χ0n) is 18.6. The number of aromatic nitrogens is 3. The van der Waals surface area contributed by atoms with Crippen LogP contribution in [0.5, 0.6) is 0 Å². The van der Waals surface area contributed by atoms with Crippen LogP contribution in [-0.2, 0) is 16.1 Å². The predicted molar refractivity (Wildman–Crippen MR) is 121 cm³/mol. The van der Waals surface area contributed by atoms with E-state index in [0.717, 1.165) is 55.5 Å². The standard InChI is InChI=1S/C24H25FN6O3/c25-18-8-27-20(26)7-17(18)23(33)30-9-15(10-30)22-16-3-1-2-4-19(16)31(28-22)11-21(32)29-6-5-24(12-29)13-34-14-24/h1-4,7-8,15H,5-6,9-14H2,(H2,26,27). The van der Waals surface area contributed by atoms with Gasteiger partial charge in [0.25, 0.3) is 5.91 Å². The van der Waals surface area contributed by atoms with E-state index in [1.54, 1.807) is 9.58 Å². The van der Waals surface area contributed by atoms with Gasteiger partial charge in [-0.15, -0.1) is 0 Å². The molecular weight excluding hydrogens is 439 g/mol. The lowest BCUT2D eigenvalue weighted by Crippen LogP contribution is -2.49. The molecule has 2 aromatic heterocycles. The number of fused-ring (bicyclic) bond motifs is 1. The lowest BCUT2D eigenvalue weighted by Gasteiger charge is -2.38. The average molecular weight is 465 g/mol. The molecule has 0 aliphatic carbocycles. The summed E-state index contributed by atoms with van der Waals surface area (Å²) < 4.78 is 21.2. The topological polar surface area (TPSA) is 107 Å². The number of nitrogens with two attached hydrogens (primary N) is 1. The molecule has 0 radical (unpaired) electrons. The van der Waals surface area contributed by atoms with Gasteiger partial charge in [0.1, 0.15) is 12.4 Å². The van der Waals surface area contributed by atoms with Crippen molar-refractivity contribution in [2.75, 3.05) is 45.1 Å². The van der Waals surface area contributed by atoms with Crippen LogP contribution in [0.1, 0.15) is 28.4 Å². The van der Waals surface area contributed by atoms with Crippen LogP contribution < -0.4 is 5.73 Å². The van der Waals surface area contributed by atoms with E-state index in [1.807, 2.05) is 29.2 Å². The molecular formula is C24H25FN6O3. The first-order valence-corrected chi connectivity index (χ1v) is 11.4. The molecule has 9 nitrogen and oxygen atoms in total. The summed E-state index contributed by atoms with van der Waals surface area (Å²) >= 11 is 0. The molecule has 10 heteroatoms. The Morgan fingerprint density at radius 2 is 2.00 bits per heavy atom. The molecule has 176 valence electrons. The molecule has 5 heterocycles. The van der Waals surface area contributed by atoms with Gasteiger partial charge >= 0.3 is 0 Å². The maximum Gasteiger partial charge on any atom is 0.257 e. The maximum atomic E-state index is 14.1. The predicted octanol–water partition coefficient (Wildman–Crippen LogP) is 1.64. The van der Waals surface area contributed by atoms with Crippen LogP contribution in [0.3, 0.4) is 0 Å². The Bertz CT molecular complexity index is 1300. The number of ether oxygens (including phenoxy) is 1. The van der Waals surface area contributed by atoms with Crippen LogP contribution in [0.4, 0.5) is 10.2 Å². The van der Waals surface area contributed by atoms with Gasteiger partial charge in [-0.1, -0.05) is 18.2 Å². The van der Waals surface area contributed by atoms with E-state index >= 15 is 0 Å². The first-order chi connectivity index (χ1) is 16.4. The van der Waals surface area contributed by atoms with Crippen LogP contribution in [-0.4, -0.2) is 75.8 Å². The molecule has 0 unspecified atom stereocenters. The van der Waals surface area contributed by atoms with E-state index in [-0.39, 0.29) is 35.2 Å². The van der Waals surface area contributed by atoms with E-state index in [1.165, 1.54) is 6.07 Å². The number of halogens is 1. The number of amides is 2. The summed E-state index contributed by atoms with van der Waals surface area (Å²) in [6.45, 7) is 3.98. The first-order valence-electron chi connectivity index (χ1n) is 11.4. The summed E-state index contributed by atoms with van der Waals surface area (Å²) in [4.78, 5) is 32.9. The Labute approximate surface area is 195 Å². The number of hydrogen-bond donors (Lipinski definition) is 1. The maximum absolute atomic E-state index is 14.1. The summed E-state index contributed by atoms with van der Waals surface area (Å²) in [5.41, 5.74) is 7.44. The molecule has 3 aliphatic rings. The molecule has 2 amide bonds. The van der Waals surface area contributed by atoms with Crippen LogP contribution in [0, 0.1) is 11.2 Å². The number of pyridine rings is 1. The highest BCUT2D eigenvalue weighted by Crippen LogP contribution is 2.38. The fourth-order valence-corrected chi connectivity index (χ4v) is 5.18. The van der Waals surface area contributed by atoms with Gasteiger partial charge in [-0.05, 0) is 18.6 Å². The summed E-state index contributed by atoms with van der Waals surface area (Å²) in [5, 5.41) is 5.76. The van der Waals surface area contributed by atoms with Crippen molar-refractivity contribution in [3.63, 3.8) is 0 Å². The van der Waals surface area contributed by atoms with Crippen molar-refractivity contribution in [2.45, 2.75) is 18.9 Å². The van der Waals surface area contributed by atoms with Crippen LogP contribution in [0.2, 0.25) is 0 Å². The van der Waals surface area contributed by atoms with Crippen LogP contribution >= 0.6 is 0 Å². The number of carbonyl (C=O) groups excluding carboxylic acids is 2. The molecule has 0 atom stereocenters. The van der Waals surface area contributed by atoms with Crippen molar-refractivity contribution >= 4 is 28.5 Å². The molecule has 0 saturated carbocycles. The number of rotatable bonds is 4. The third-order valence-corrected chi connectivity index (χ3v) is 7.24. The minimum absolute atomic E-state index is 0.00892. The van der Waals surface area contributed by atoms with Crippen molar-refractivity contribution in [3.8, 4) is 0 Å². The highest BCUT2D eigenvalue weighted by molar-refractivity contribution is 5.96. The molecule has 6 rings (SSSR count). The van der Waals surface area contributed by atoms with Crippen molar-refractivity contribution in [2.24, 2.45) is 5.41 Å². The highest BCUT2D eigenvalue weighted by atomic mass is 19.1. The minimum atomic E-state index is -0.687. The number of benzene rings is 1. The van der Waals surface area contributed by atoms with Crippen LogP contribution in [0.25, 0.3) is 10.9 Å². The zero-order chi connectivity index (χ0) is 23.4. The Kier molecular flexibility index (Phi) is 4.80. The molecule has 3 saturated heterocycles. The molecule has 3 aliphatic heterocycles. The number of hydrogen-bond acceptors (Lipinski definition) is 6. The van der Waals surface area contributed by atoms with Gasteiger partial charge in [-0.3, -0.25) is 14.3 Å². The van der Waals surface area contributed by atoms with E-state index < -0.39 is 11.7 Å². The van der Waals surface area contributed by atoms with Crippen LogP contribution in [0.15, 0.2) is 36.5 Å². The molecule has 3 fully saturated rings. The number of carbonyl (C=O) groups is 2. The van der Waals surface area contributed by atoms with Crippen molar-refractivity contribution in [3.05, 3.63) is 53.6 Å². The largest absolute Gasteiger partial charge is 0.384 e. The van der Waals surface area contributed by atoms with Gasteiger partial charge in [0.2, 0.25) is 5.91 Å². The lowest BCUT2D eigenvalue weighted by atomic mass is 9.85. The van der Waals surface area contributed by atoms with Gasteiger partial charge in [-0.25, -0.2) is 9.37 Å².